The molecule has 18 heavy (non-hydrogen) atoms. The maximum Gasteiger partial charge on any atom is 0.224 e. The number of rotatable bonds is 6. The van der Waals surface area contributed by atoms with Crippen molar-refractivity contribution in [1.29, 1.82) is 0 Å². The first-order valence-electron chi connectivity index (χ1n) is 7.32. The van der Waals surface area contributed by atoms with Gasteiger partial charge in [-0.15, -0.1) is 0 Å². The van der Waals surface area contributed by atoms with Gasteiger partial charge in [-0.3, -0.25) is 9.69 Å². The number of likely N-dealkylation sites (tertiary alicyclic amines) is 1. The molecule has 1 fully saturated rings. The van der Waals surface area contributed by atoms with Gasteiger partial charge in [0.25, 0.3) is 0 Å². The highest BCUT2D eigenvalue weighted by atomic mass is 16.1. The fraction of sp³-hybridized carbons (Fsp3) is 0.929. The van der Waals surface area contributed by atoms with Gasteiger partial charge in [0.05, 0.1) is 5.92 Å². The molecule has 4 nitrogen and oxygen atoms in total. The van der Waals surface area contributed by atoms with E-state index in [-0.39, 0.29) is 11.8 Å². The van der Waals surface area contributed by atoms with Crippen LogP contribution in [-0.4, -0.2) is 43.0 Å². The molecule has 1 rings (SSSR count). The van der Waals surface area contributed by atoms with Gasteiger partial charge in [-0.05, 0) is 32.2 Å². The summed E-state index contributed by atoms with van der Waals surface area (Å²) in [5.41, 5.74) is 5.41. The fourth-order valence-electron chi connectivity index (χ4n) is 2.63. The number of amides is 1. The molecular formula is C14H29N3O. The molecule has 0 aliphatic carbocycles. The van der Waals surface area contributed by atoms with Crippen LogP contribution in [0.15, 0.2) is 0 Å². The Hall–Kier alpha value is -0.610. The van der Waals surface area contributed by atoms with Crippen LogP contribution in [0.1, 0.15) is 40.0 Å². The normalized spacial score (nSPS) is 24.6. The summed E-state index contributed by atoms with van der Waals surface area (Å²) in [6, 6.07) is 0.570. The van der Waals surface area contributed by atoms with E-state index in [0.29, 0.717) is 25.0 Å². The van der Waals surface area contributed by atoms with E-state index in [4.69, 9.17) is 5.73 Å². The highest BCUT2D eigenvalue weighted by Crippen LogP contribution is 2.22. The third-order valence-electron chi connectivity index (χ3n) is 4.31. The number of nitrogens with one attached hydrogen (secondary N) is 1. The van der Waals surface area contributed by atoms with Crippen molar-refractivity contribution in [2.45, 2.75) is 46.1 Å². The number of hydrogen-bond acceptors (Lipinski definition) is 3. The van der Waals surface area contributed by atoms with Crippen LogP contribution in [0.25, 0.3) is 0 Å². The van der Waals surface area contributed by atoms with Crippen LogP contribution in [0.4, 0.5) is 0 Å². The second kappa shape index (κ2) is 7.74. The molecule has 0 spiro atoms. The lowest BCUT2D eigenvalue weighted by Crippen LogP contribution is -2.48. The molecule has 0 aromatic rings. The monoisotopic (exact) mass is 255 g/mol. The van der Waals surface area contributed by atoms with Crippen LogP contribution >= 0.6 is 0 Å². The van der Waals surface area contributed by atoms with Crippen molar-refractivity contribution in [1.82, 2.24) is 10.2 Å². The summed E-state index contributed by atoms with van der Waals surface area (Å²) in [5, 5.41) is 2.91. The van der Waals surface area contributed by atoms with Crippen LogP contribution in [-0.2, 0) is 4.79 Å². The lowest BCUT2D eigenvalue weighted by molar-refractivity contribution is -0.127. The van der Waals surface area contributed by atoms with E-state index in [1.54, 1.807) is 0 Å². The van der Waals surface area contributed by atoms with Crippen LogP contribution in [0.2, 0.25) is 0 Å². The molecule has 1 amide bonds. The first-order chi connectivity index (χ1) is 8.60. The van der Waals surface area contributed by atoms with Crippen LogP contribution in [0.3, 0.4) is 0 Å². The number of hydrogen-bond donors (Lipinski definition) is 2. The summed E-state index contributed by atoms with van der Waals surface area (Å²) in [7, 11) is 0. The lowest BCUT2D eigenvalue weighted by Gasteiger charge is -2.38. The van der Waals surface area contributed by atoms with Gasteiger partial charge in [0.15, 0.2) is 0 Å². The Labute approximate surface area is 111 Å². The van der Waals surface area contributed by atoms with Crippen LogP contribution in [0.5, 0.6) is 0 Å². The second-order valence-corrected chi connectivity index (χ2v) is 5.54. The minimum atomic E-state index is 0.150. The molecule has 0 saturated carbocycles. The number of nitrogens with two attached hydrogens (primary N) is 1. The molecule has 3 N–H and O–H groups in total. The first kappa shape index (κ1) is 15.4. The highest BCUT2D eigenvalue weighted by Gasteiger charge is 2.29. The molecule has 0 bridgehead atoms. The van der Waals surface area contributed by atoms with Crippen LogP contribution in [0, 0.1) is 11.8 Å². The fourth-order valence-corrected chi connectivity index (χ4v) is 2.63. The SMILES string of the molecule is CCC(C)C(C)N1CCCC(C(=O)NCCN)C1. The summed E-state index contributed by atoms with van der Waals surface area (Å²) in [5.74, 6) is 1.02. The van der Waals surface area contributed by atoms with Crippen molar-refractivity contribution in [3.8, 4) is 0 Å². The predicted molar refractivity (Wildman–Crippen MR) is 75.3 cm³/mol. The smallest absolute Gasteiger partial charge is 0.224 e. The van der Waals surface area contributed by atoms with Gasteiger partial charge in [-0.2, -0.15) is 0 Å². The highest BCUT2D eigenvalue weighted by molar-refractivity contribution is 5.78. The van der Waals surface area contributed by atoms with Crippen molar-refractivity contribution in [2.75, 3.05) is 26.2 Å². The molecule has 1 aliphatic rings. The summed E-state index contributed by atoms with van der Waals surface area (Å²) in [6.45, 7) is 9.96. The van der Waals surface area contributed by atoms with Crippen molar-refractivity contribution >= 4 is 5.91 Å². The van der Waals surface area contributed by atoms with Crippen molar-refractivity contribution in [2.24, 2.45) is 17.6 Å². The minimum absolute atomic E-state index is 0.150. The number of nitrogens with zero attached hydrogens (tertiary/aromatic N) is 1. The van der Waals surface area contributed by atoms with Gasteiger partial charge in [0, 0.05) is 25.7 Å². The number of carbonyl (C=O) groups is 1. The second-order valence-electron chi connectivity index (χ2n) is 5.54. The van der Waals surface area contributed by atoms with Gasteiger partial charge in [-0.25, -0.2) is 0 Å². The van der Waals surface area contributed by atoms with E-state index >= 15 is 0 Å². The molecule has 1 aliphatic heterocycles. The van der Waals surface area contributed by atoms with E-state index in [2.05, 4.69) is 31.0 Å². The third kappa shape index (κ3) is 4.25. The standard InChI is InChI=1S/C14H29N3O/c1-4-11(2)12(3)17-9-5-6-13(10-17)14(18)16-8-7-15/h11-13H,4-10,15H2,1-3H3,(H,16,18). The van der Waals surface area contributed by atoms with Crippen molar-refractivity contribution in [3.63, 3.8) is 0 Å². The van der Waals surface area contributed by atoms with E-state index in [0.717, 1.165) is 25.9 Å². The maximum atomic E-state index is 12.0. The quantitative estimate of drug-likeness (QED) is 0.750. The van der Waals surface area contributed by atoms with Gasteiger partial charge < -0.3 is 11.1 Å². The molecule has 1 saturated heterocycles. The van der Waals surface area contributed by atoms with Gasteiger partial charge in [0.1, 0.15) is 0 Å². The van der Waals surface area contributed by atoms with Crippen LogP contribution < -0.4 is 11.1 Å². The van der Waals surface area contributed by atoms with Crippen molar-refractivity contribution < 1.29 is 4.79 Å². The van der Waals surface area contributed by atoms with Gasteiger partial charge in [-0.1, -0.05) is 20.3 Å². The van der Waals surface area contributed by atoms with E-state index in [1.807, 2.05) is 0 Å². The third-order valence-corrected chi connectivity index (χ3v) is 4.31. The molecule has 3 unspecified atom stereocenters. The zero-order valence-electron chi connectivity index (χ0n) is 12.1. The average molecular weight is 255 g/mol. The molecule has 0 radical (unpaired) electrons. The Morgan fingerprint density at radius 2 is 2.22 bits per heavy atom. The maximum absolute atomic E-state index is 12.0. The predicted octanol–water partition coefficient (Wildman–Crippen LogP) is 1.21. The molecule has 0 aromatic carbocycles. The largest absolute Gasteiger partial charge is 0.355 e. The molecule has 0 aromatic heterocycles. The number of piperidine rings is 1. The molecule has 4 heteroatoms. The average Bonchev–Trinajstić information content (AvgIpc) is 2.43. The molecule has 1 heterocycles. The zero-order chi connectivity index (χ0) is 13.5. The lowest BCUT2D eigenvalue weighted by atomic mass is 9.92. The summed E-state index contributed by atoms with van der Waals surface area (Å²) >= 11 is 0. The molecular weight excluding hydrogens is 226 g/mol. The summed E-state index contributed by atoms with van der Waals surface area (Å²) in [6.07, 6.45) is 3.34. The minimum Gasteiger partial charge on any atom is -0.355 e. The van der Waals surface area contributed by atoms with E-state index in [9.17, 15) is 4.79 Å². The van der Waals surface area contributed by atoms with E-state index in [1.165, 1.54) is 6.42 Å². The number of carbonyl (C=O) groups excluding carboxylic acids is 1. The topological polar surface area (TPSA) is 58.4 Å². The zero-order valence-corrected chi connectivity index (χ0v) is 12.1. The van der Waals surface area contributed by atoms with E-state index < -0.39 is 0 Å². The Kier molecular flexibility index (Phi) is 6.65. The van der Waals surface area contributed by atoms with Gasteiger partial charge in [0.2, 0.25) is 5.91 Å². The Balaban J connectivity index is 2.47. The molecule has 106 valence electrons. The van der Waals surface area contributed by atoms with Crippen molar-refractivity contribution in [3.05, 3.63) is 0 Å². The summed E-state index contributed by atoms with van der Waals surface area (Å²) < 4.78 is 0. The Bertz CT molecular complexity index is 257. The summed E-state index contributed by atoms with van der Waals surface area (Å²) in [4.78, 5) is 14.4. The Morgan fingerprint density at radius 3 is 2.83 bits per heavy atom. The first-order valence-corrected chi connectivity index (χ1v) is 7.32. The van der Waals surface area contributed by atoms with Gasteiger partial charge >= 0.3 is 0 Å². The molecule has 3 atom stereocenters. The Morgan fingerprint density at radius 1 is 1.50 bits per heavy atom.